The van der Waals surface area contributed by atoms with Crippen molar-refractivity contribution in [2.75, 3.05) is 0 Å². The van der Waals surface area contributed by atoms with Gasteiger partial charge in [-0.3, -0.25) is 4.79 Å². The summed E-state index contributed by atoms with van der Waals surface area (Å²) in [6, 6.07) is 0. The first kappa shape index (κ1) is 11.1. The van der Waals surface area contributed by atoms with Gasteiger partial charge in [0, 0.05) is 13.3 Å². The van der Waals surface area contributed by atoms with E-state index in [0.717, 1.165) is 6.29 Å². The fourth-order valence-electron chi connectivity index (χ4n) is 0.974. The van der Waals surface area contributed by atoms with Gasteiger partial charge in [-0.05, 0) is 12.3 Å². The topological polar surface area (TPSA) is 43.4 Å². The lowest BCUT2D eigenvalue weighted by molar-refractivity contribution is -0.149. The molecule has 0 bridgehead atoms. The van der Waals surface area contributed by atoms with Gasteiger partial charge < -0.3 is 9.53 Å². The smallest absolute Gasteiger partial charge is 0.302 e. The molecule has 0 rings (SSSR count). The molecule has 0 aliphatic heterocycles. The molecule has 0 saturated heterocycles. The SMILES string of the molecule is CC(=O)OC(CCC=O)C(C)C. The van der Waals surface area contributed by atoms with Gasteiger partial charge >= 0.3 is 5.97 Å². The second-order valence-corrected chi connectivity index (χ2v) is 3.14. The van der Waals surface area contributed by atoms with Crippen LogP contribution in [0.3, 0.4) is 0 Å². The Labute approximate surface area is 73.1 Å². The number of carbonyl (C=O) groups excluding carboxylic acids is 2. The fraction of sp³-hybridized carbons (Fsp3) is 0.778. The molecule has 0 radical (unpaired) electrons. The van der Waals surface area contributed by atoms with Gasteiger partial charge in [0.15, 0.2) is 0 Å². The Morgan fingerprint density at radius 3 is 2.42 bits per heavy atom. The number of esters is 1. The van der Waals surface area contributed by atoms with Crippen molar-refractivity contribution in [3.05, 3.63) is 0 Å². The van der Waals surface area contributed by atoms with Crippen molar-refractivity contribution in [1.29, 1.82) is 0 Å². The van der Waals surface area contributed by atoms with Crippen molar-refractivity contribution in [1.82, 2.24) is 0 Å². The zero-order valence-electron chi connectivity index (χ0n) is 7.87. The summed E-state index contributed by atoms with van der Waals surface area (Å²) in [5.41, 5.74) is 0. The van der Waals surface area contributed by atoms with Crippen LogP contribution < -0.4 is 0 Å². The summed E-state index contributed by atoms with van der Waals surface area (Å²) in [6.45, 7) is 5.33. The Kier molecular flexibility index (Phi) is 5.34. The zero-order valence-corrected chi connectivity index (χ0v) is 7.87. The monoisotopic (exact) mass is 172 g/mol. The number of ether oxygens (including phenoxy) is 1. The summed E-state index contributed by atoms with van der Waals surface area (Å²) in [6.07, 6.45) is 1.81. The molecular formula is C9H16O3. The first-order chi connectivity index (χ1) is 5.57. The largest absolute Gasteiger partial charge is 0.462 e. The highest BCUT2D eigenvalue weighted by Gasteiger charge is 2.15. The van der Waals surface area contributed by atoms with Gasteiger partial charge in [0.05, 0.1) is 0 Å². The third-order valence-corrected chi connectivity index (χ3v) is 1.63. The maximum Gasteiger partial charge on any atom is 0.302 e. The molecular weight excluding hydrogens is 156 g/mol. The zero-order chi connectivity index (χ0) is 9.56. The Morgan fingerprint density at radius 1 is 1.50 bits per heavy atom. The lowest BCUT2D eigenvalue weighted by Crippen LogP contribution is -2.22. The average molecular weight is 172 g/mol. The van der Waals surface area contributed by atoms with Crippen molar-refractivity contribution in [2.45, 2.75) is 39.7 Å². The van der Waals surface area contributed by atoms with Gasteiger partial charge in [0.25, 0.3) is 0 Å². The molecule has 0 spiro atoms. The Bertz CT molecular complexity index is 152. The first-order valence-corrected chi connectivity index (χ1v) is 4.18. The second kappa shape index (κ2) is 5.75. The molecule has 0 aromatic carbocycles. The predicted molar refractivity (Wildman–Crippen MR) is 45.7 cm³/mol. The van der Waals surface area contributed by atoms with Crippen LogP contribution >= 0.6 is 0 Å². The maximum atomic E-state index is 10.6. The van der Waals surface area contributed by atoms with Crippen molar-refractivity contribution in [2.24, 2.45) is 5.92 Å². The van der Waals surface area contributed by atoms with E-state index in [-0.39, 0.29) is 18.0 Å². The van der Waals surface area contributed by atoms with Crippen molar-refractivity contribution < 1.29 is 14.3 Å². The van der Waals surface area contributed by atoms with Gasteiger partial charge in [-0.15, -0.1) is 0 Å². The number of carbonyl (C=O) groups is 2. The molecule has 0 aliphatic rings. The minimum atomic E-state index is -0.278. The third-order valence-electron chi connectivity index (χ3n) is 1.63. The summed E-state index contributed by atoms with van der Waals surface area (Å²) >= 11 is 0. The number of hydrogen-bond donors (Lipinski definition) is 0. The molecule has 70 valence electrons. The lowest BCUT2D eigenvalue weighted by atomic mass is 10.0. The Balaban J connectivity index is 3.85. The van der Waals surface area contributed by atoms with Crippen molar-refractivity contribution in [3.63, 3.8) is 0 Å². The van der Waals surface area contributed by atoms with E-state index in [4.69, 9.17) is 4.74 Å². The van der Waals surface area contributed by atoms with E-state index in [1.54, 1.807) is 0 Å². The van der Waals surface area contributed by atoms with Crippen LogP contribution in [-0.2, 0) is 14.3 Å². The second-order valence-electron chi connectivity index (χ2n) is 3.14. The van der Waals surface area contributed by atoms with E-state index in [0.29, 0.717) is 12.8 Å². The summed E-state index contributed by atoms with van der Waals surface area (Å²) in [5, 5.41) is 0. The Morgan fingerprint density at radius 2 is 2.08 bits per heavy atom. The predicted octanol–water partition coefficient (Wildman–Crippen LogP) is 1.55. The van der Waals surface area contributed by atoms with E-state index in [9.17, 15) is 9.59 Å². The maximum absolute atomic E-state index is 10.6. The minimum absolute atomic E-state index is 0.118. The highest BCUT2D eigenvalue weighted by atomic mass is 16.5. The first-order valence-electron chi connectivity index (χ1n) is 4.18. The normalized spacial score (nSPS) is 12.7. The van der Waals surface area contributed by atoms with Crippen LogP contribution in [0.25, 0.3) is 0 Å². The number of hydrogen-bond acceptors (Lipinski definition) is 3. The molecule has 0 heterocycles. The van der Waals surface area contributed by atoms with Gasteiger partial charge in [-0.25, -0.2) is 0 Å². The highest BCUT2D eigenvalue weighted by molar-refractivity contribution is 5.66. The summed E-state index contributed by atoms with van der Waals surface area (Å²) in [5.74, 6) is -0.00607. The van der Waals surface area contributed by atoms with Crippen LogP contribution in [-0.4, -0.2) is 18.4 Å². The van der Waals surface area contributed by atoms with E-state index in [1.165, 1.54) is 6.92 Å². The quantitative estimate of drug-likeness (QED) is 0.467. The molecule has 1 atom stereocenters. The standard InChI is InChI=1S/C9H16O3/c1-7(2)9(5-4-6-10)12-8(3)11/h6-7,9H,4-5H2,1-3H3. The van der Waals surface area contributed by atoms with Crippen LogP contribution in [0.1, 0.15) is 33.6 Å². The minimum Gasteiger partial charge on any atom is -0.462 e. The summed E-state index contributed by atoms with van der Waals surface area (Å²) < 4.78 is 5.02. The van der Waals surface area contributed by atoms with Crippen LogP contribution in [0.4, 0.5) is 0 Å². The van der Waals surface area contributed by atoms with Crippen LogP contribution in [0, 0.1) is 5.92 Å². The fourth-order valence-corrected chi connectivity index (χ4v) is 0.974. The molecule has 0 aromatic heterocycles. The van der Waals surface area contributed by atoms with E-state index < -0.39 is 0 Å². The van der Waals surface area contributed by atoms with Crippen LogP contribution in [0.2, 0.25) is 0 Å². The van der Waals surface area contributed by atoms with E-state index in [1.807, 2.05) is 13.8 Å². The van der Waals surface area contributed by atoms with Crippen LogP contribution in [0.5, 0.6) is 0 Å². The number of aldehydes is 1. The third kappa shape index (κ3) is 4.88. The van der Waals surface area contributed by atoms with Gasteiger partial charge in [0.1, 0.15) is 12.4 Å². The molecule has 1 unspecified atom stereocenters. The molecule has 0 aromatic rings. The van der Waals surface area contributed by atoms with Crippen molar-refractivity contribution in [3.8, 4) is 0 Å². The highest BCUT2D eigenvalue weighted by Crippen LogP contribution is 2.12. The van der Waals surface area contributed by atoms with Crippen molar-refractivity contribution >= 4 is 12.3 Å². The summed E-state index contributed by atoms with van der Waals surface area (Å²) in [7, 11) is 0. The molecule has 0 amide bonds. The summed E-state index contributed by atoms with van der Waals surface area (Å²) in [4.78, 5) is 20.7. The van der Waals surface area contributed by atoms with Gasteiger partial charge in [-0.2, -0.15) is 0 Å². The number of rotatable bonds is 5. The lowest BCUT2D eigenvalue weighted by Gasteiger charge is -2.19. The molecule has 0 aliphatic carbocycles. The molecule has 3 heteroatoms. The molecule has 0 N–H and O–H groups in total. The average Bonchev–Trinajstić information content (AvgIpc) is 1.96. The van der Waals surface area contributed by atoms with E-state index >= 15 is 0 Å². The van der Waals surface area contributed by atoms with E-state index in [2.05, 4.69) is 0 Å². The molecule has 0 saturated carbocycles. The van der Waals surface area contributed by atoms with Gasteiger partial charge in [-0.1, -0.05) is 13.8 Å². The van der Waals surface area contributed by atoms with Gasteiger partial charge in [0.2, 0.25) is 0 Å². The molecule has 0 fully saturated rings. The van der Waals surface area contributed by atoms with Crippen LogP contribution in [0.15, 0.2) is 0 Å². The molecule has 12 heavy (non-hydrogen) atoms. The Hall–Kier alpha value is -0.860. The molecule has 3 nitrogen and oxygen atoms in total.